The van der Waals surface area contributed by atoms with E-state index >= 15 is 0 Å². The van der Waals surface area contributed by atoms with Crippen molar-refractivity contribution in [2.45, 2.75) is 13.0 Å². The maximum Gasteiger partial charge on any atom is 0.244 e. The topological polar surface area (TPSA) is 73.2 Å². The molecule has 98 valence electrons. The van der Waals surface area contributed by atoms with Gasteiger partial charge in [0.15, 0.2) is 0 Å². The van der Waals surface area contributed by atoms with Crippen LogP contribution in [0.1, 0.15) is 16.0 Å². The summed E-state index contributed by atoms with van der Waals surface area (Å²) in [7, 11) is 0. The van der Waals surface area contributed by atoms with Crippen molar-refractivity contribution >= 4 is 39.9 Å². The fourth-order valence-electron chi connectivity index (χ4n) is 2.31. The van der Waals surface area contributed by atoms with E-state index < -0.39 is 0 Å². The van der Waals surface area contributed by atoms with Crippen molar-refractivity contribution in [3.05, 3.63) is 16.0 Å². The SMILES string of the molecule is N#Cc1c(N2C(=O)CSCC2=O)sc2c1CCNC2. The van der Waals surface area contributed by atoms with Crippen molar-refractivity contribution in [2.24, 2.45) is 0 Å². The van der Waals surface area contributed by atoms with Gasteiger partial charge in [0.05, 0.1) is 17.1 Å². The Morgan fingerprint density at radius 3 is 2.68 bits per heavy atom. The second kappa shape index (κ2) is 4.96. The van der Waals surface area contributed by atoms with Crippen LogP contribution >= 0.6 is 23.1 Å². The van der Waals surface area contributed by atoms with Gasteiger partial charge in [0.1, 0.15) is 11.1 Å². The normalized spacial score (nSPS) is 19.2. The molecule has 0 aliphatic carbocycles. The number of carbonyl (C=O) groups excluding carboxylic acids is 2. The number of imide groups is 1. The maximum absolute atomic E-state index is 12.0. The lowest BCUT2D eigenvalue weighted by molar-refractivity contribution is -0.124. The number of nitriles is 1. The summed E-state index contributed by atoms with van der Waals surface area (Å²) in [5, 5.41) is 13.1. The van der Waals surface area contributed by atoms with E-state index in [0.29, 0.717) is 28.6 Å². The second-order valence-electron chi connectivity index (χ2n) is 4.34. The van der Waals surface area contributed by atoms with Crippen LogP contribution in [0.2, 0.25) is 0 Å². The Balaban J connectivity index is 2.09. The minimum absolute atomic E-state index is 0.218. The van der Waals surface area contributed by atoms with Crippen LogP contribution in [0.5, 0.6) is 0 Å². The van der Waals surface area contributed by atoms with Gasteiger partial charge in [-0.3, -0.25) is 9.59 Å². The molecule has 0 aromatic carbocycles. The third kappa shape index (κ3) is 2.06. The molecule has 1 fully saturated rings. The van der Waals surface area contributed by atoms with Crippen LogP contribution in [-0.4, -0.2) is 29.9 Å². The number of amides is 2. The van der Waals surface area contributed by atoms with Crippen LogP contribution in [0.3, 0.4) is 0 Å². The predicted molar refractivity (Wildman–Crippen MR) is 74.3 cm³/mol. The zero-order chi connectivity index (χ0) is 13.4. The third-order valence-corrected chi connectivity index (χ3v) is 5.29. The molecular formula is C12H11N3O2S2. The first-order chi connectivity index (χ1) is 9.22. The Morgan fingerprint density at radius 1 is 1.26 bits per heavy atom. The zero-order valence-corrected chi connectivity index (χ0v) is 11.7. The molecule has 2 aliphatic heterocycles. The summed E-state index contributed by atoms with van der Waals surface area (Å²) in [6, 6.07) is 2.17. The number of nitrogens with one attached hydrogen (secondary N) is 1. The number of nitrogens with zero attached hydrogens (tertiary/aromatic N) is 2. The zero-order valence-electron chi connectivity index (χ0n) is 10.1. The van der Waals surface area contributed by atoms with E-state index in [-0.39, 0.29) is 11.8 Å². The molecule has 0 bridgehead atoms. The molecule has 0 unspecified atom stereocenters. The fraction of sp³-hybridized carbons (Fsp3) is 0.417. The smallest absolute Gasteiger partial charge is 0.244 e. The van der Waals surface area contributed by atoms with Crippen LogP contribution < -0.4 is 10.2 Å². The molecule has 2 amide bonds. The number of thiophene rings is 1. The average molecular weight is 293 g/mol. The Labute approximate surface area is 118 Å². The quantitative estimate of drug-likeness (QED) is 0.778. The number of rotatable bonds is 1. The number of hydrogen-bond donors (Lipinski definition) is 1. The summed E-state index contributed by atoms with van der Waals surface area (Å²) in [5.74, 6) is 0.170. The predicted octanol–water partition coefficient (Wildman–Crippen LogP) is 0.872. The lowest BCUT2D eigenvalue weighted by atomic mass is 10.0. The van der Waals surface area contributed by atoms with Gasteiger partial charge in [0.2, 0.25) is 11.8 Å². The minimum atomic E-state index is -0.218. The summed E-state index contributed by atoms with van der Waals surface area (Å²) in [4.78, 5) is 26.2. The van der Waals surface area contributed by atoms with Gasteiger partial charge in [-0.2, -0.15) is 5.26 Å². The summed E-state index contributed by atoms with van der Waals surface area (Å²) < 4.78 is 0. The lowest BCUT2D eigenvalue weighted by Gasteiger charge is -2.23. The van der Waals surface area contributed by atoms with E-state index in [1.165, 1.54) is 28.0 Å². The first kappa shape index (κ1) is 12.7. The molecule has 0 spiro atoms. The summed E-state index contributed by atoms with van der Waals surface area (Å²) >= 11 is 2.72. The first-order valence-corrected chi connectivity index (χ1v) is 7.88. The molecule has 19 heavy (non-hydrogen) atoms. The van der Waals surface area contributed by atoms with Crippen LogP contribution in [0.25, 0.3) is 0 Å². The standard InChI is InChI=1S/C12H11N3O2S2/c13-3-8-7-1-2-14-4-9(7)19-12(8)15-10(16)5-18-6-11(15)17/h14H,1-2,4-6H2. The maximum atomic E-state index is 12.0. The van der Waals surface area contributed by atoms with Gasteiger partial charge in [0.25, 0.3) is 0 Å². The molecule has 7 heteroatoms. The van der Waals surface area contributed by atoms with Gasteiger partial charge in [-0.15, -0.1) is 23.1 Å². The van der Waals surface area contributed by atoms with Crippen LogP contribution in [-0.2, 0) is 22.6 Å². The van der Waals surface area contributed by atoms with E-state index in [4.69, 9.17) is 0 Å². The van der Waals surface area contributed by atoms with Gasteiger partial charge in [0, 0.05) is 11.4 Å². The van der Waals surface area contributed by atoms with Crippen molar-refractivity contribution in [1.82, 2.24) is 5.32 Å². The molecule has 3 rings (SSSR count). The fourth-order valence-corrected chi connectivity index (χ4v) is 4.32. The van der Waals surface area contributed by atoms with Crippen LogP contribution in [0.4, 0.5) is 5.00 Å². The summed E-state index contributed by atoms with van der Waals surface area (Å²) in [6.45, 7) is 1.54. The highest BCUT2D eigenvalue weighted by Crippen LogP contribution is 2.38. The number of hydrogen-bond acceptors (Lipinski definition) is 6. The van der Waals surface area contributed by atoms with Crippen LogP contribution in [0, 0.1) is 11.3 Å². The third-order valence-electron chi connectivity index (χ3n) is 3.17. The molecule has 1 saturated heterocycles. The molecule has 0 atom stereocenters. The van der Waals surface area contributed by atoms with Gasteiger partial charge >= 0.3 is 0 Å². The van der Waals surface area contributed by atoms with Gasteiger partial charge in [-0.05, 0) is 18.5 Å². The second-order valence-corrected chi connectivity index (χ2v) is 6.41. The van der Waals surface area contributed by atoms with Crippen LogP contribution in [0.15, 0.2) is 0 Å². The highest BCUT2D eigenvalue weighted by molar-refractivity contribution is 8.00. The average Bonchev–Trinajstić information content (AvgIpc) is 2.76. The van der Waals surface area contributed by atoms with Crippen molar-refractivity contribution in [3.63, 3.8) is 0 Å². The molecule has 5 nitrogen and oxygen atoms in total. The van der Waals surface area contributed by atoms with E-state index in [9.17, 15) is 14.9 Å². The largest absolute Gasteiger partial charge is 0.312 e. The molecule has 0 radical (unpaired) electrons. The molecule has 1 aromatic rings. The Hall–Kier alpha value is -1.36. The minimum Gasteiger partial charge on any atom is -0.312 e. The van der Waals surface area contributed by atoms with Gasteiger partial charge < -0.3 is 5.32 Å². The van der Waals surface area contributed by atoms with Crippen molar-refractivity contribution < 1.29 is 9.59 Å². The lowest BCUT2D eigenvalue weighted by Crippen LogP contribution is -2.43. The van der Waals surface area contributed by atoms with Gasteiger partial charge in [-0.1, -0.05) is 0 Å². The molecule has 1 aromatic heterocycles. The Bertz CT molecular complexity index is 587. The molecule has 1 N–H and O–H groups in total. The molecule has 2 aliphatic rings. The van der Waals surface area contributed by atoms with Crippen molar-refractivity contribution in [3.8, 4) is 6.07 Å². The summed E-state index contributed by atoms with van der Waals surface area (Å²) in [6.07, 6.45) is 0.777. The van der Waals surface area contributed by atoms with Crippen molar-refractivity contribution in [2.75, 3.05) is 23.0 Å². The molecule has 0 saturated carbocycles. The summed E-state index contributed by atoms with van der Waals surface area (Å²) in [5.41, 5.74) is 1.51. The monoisotopic (exact) mass is 293 g/mol. The van der Waals surface area contributed by atoms with E-state index in [1.807, 2.05) is 0 Å². The highest BCUT2D eigenvalue weighted by atomic mass is 32.2. The first-order valence-electron chi connectivity index (χ1n) is 5.91. The Morgan fingerprint density at radius 2 is 2.00 bits per heavy atom. The number of anilines is 1. The van der Waals surface area contributed by atoms with E-state index in [2.05, 4.69) is 11.4 Å². The van der Waals surface area contributed by atoms with Gasteiger partial charge in [-0.25, -0.2) is 4.90 Å². The van der Waals surface area contributed by atoms with E-state index in [1.54, 1.807) is 0 Å². The van der Waals surface area contributed by atoms with Crippen molar-refractivity contribution in [1.29, 1.82) is 5.26 Å². The molecule has 3 heterocycles. The Kier molecular flexibility index (Phi) is 3.31. The number of fused-ring (bicyclic) bond motifs is 1. The number of carbonyl (C=O) groups is 2. The molecular weight excluding hydrogens is 282 g/mol. The van der Waals surface area contributed by atoms with E-state index in [0.717, 1.165) is 23.4 Å². The number of thioether (sulfide) groups is 1. The highest BCUT2D eigenvalue weighted by Gasteiger charge is 2.33.